The van der Waals surface area contributed by atoms with Crippen LogP contribution in [0, 0.1) is 5.92 Å². The Balaban J connectivity index is 1.56. The molecule has 0 aromatic carbocycles. The van der Waals surface area contributed by atoms with Crippen LogP contribution in [0.25, 0.3) is 5.65 Å². The van der Waals surface area contributed by atoms with Gasteiger partial charge in [-0.15, -0.1) is 0 Å². The molecule has 2 heterocycles. The molecule has 1 N–H and O–H groups in total. The van der Waals surface area contributed by atoms with Crippen LogP contribution in [0.4, 0.5) is 17.6 Å². The predicted octanol–water partition coefficient (Wildman–Crippen LogP) is 3.76. The lowest BCUT2D eigenvalue weighted by atomic mass is 9.84. The number of carbonyl (C=O) groups is 1. The molecule has 9 heteroatoms. The van der Waals surface area contributed by atoms with Crippen LogP contribution in [-0.2, 0) is 17.8 Å². The van der Waals surface area contributed by atoms with E-state index in [2.05, 4.69) is 15.4 Å². The fraction of sp³-hybridized carbons (Fsp3) is 0.611. The third-order valence-electron chi connectivity index (χ3n) is 4.84. The monoisotopic (exact) mass is 386 g/mol. The van der Waals surface area contributed by atoms with Crippen LogP contribution in [-0.4, -0.2) is 32.9 Å². The standard InChI is InChI=1S/C18H22F4N4O/c19-15(20)1-2-17(27)23-9-13-8-16-25-14(11-26(16)24-10-13)7-12-3-5-18(21,22)6-4-12/h8,10-12,15H,1-7,9H2,(H,23,27). The first-order valence-electron chi connectivity index (χ1n) is 9.06. The number of imidazole rings is 1. The van der Waals surface area contributed by atoms with Gasteiger partial charge in [0.2, 0.25) is 18.3 Å². The molecular formula is C18H22F4N4O. The summed E-state index contributed by atoms with van der Waals surface area (Å²) in [5.41, 5.74) is 2.11. The Morgan fingerprint density at radius 3 is 2.78 bits per heavy atom. The zero-order chi connectivity index (χ0) is 19.4. The van der Waals surface area contributed by atoms with Crippen LogP contribution in [0.1, 0.15) is 49.8 Å². The second-order valence-corrected chi connectivity index (χ2v) is 7.11. The molecule has 0 unspecified atom stereocenters. The summed E-state index contributed by atoms with van der Waals surface area (Å²) in [6.45, 7) is 0.186. The van der Waals surface area contributed by atoms with E-state index in [0.29, 0.717) is 30.5 Å². The highest BCUT2D eigenvalue weighted by molar-refractivity contribution is 5.75. The maximum atomic E-state index is 13.2. The Hall–Kier alpha value is -2.19. The number of hydrogen-bond donors (Lipinski definition) is 1. The number of alkyl halides is 4. The Kier molecular flexibility index (Phi) is 5.96. The molecule has 1 aliphatic rings. The Bertz CT molecular complexity index is 783. The maximum Gasteiger partial charge on any atom is 0.248 e. The van der Waals surface area contributed by atoms with E-state index in [1.165, 1.54) is 0 Å². The van der Waals surface area contributed by atoms with Crippen molar-refractivity contribution in [3.8, 4) is 0 Å². The van der Waals surface area contributed by atoms with Gasteiger partial charge in [-0.05, 0) is 36.8 Å². The van der Waals surface area contributed by atoms with Crippen LogP contribution in [0.15, 0.2) is 18.5 Å². The normalized spacial score (nSPS) is 17.5. The number of rotatable bonds is 7. The summed E-state index contributed by atoms with van der Waals surface area (Å²) in [5.74, 6) is -2.78. The Morgan fingerprint density at radius 2 is 2.07 bits per heavy atom. The molecule has 0 spiro atoms. The van der Waals surface area contributed by atoms with Gasteiger partial charge in [0.05, 0.1) is 18.1 Å². The fourth-order valence-corrected chi connectivity index (χ4v) is 3.29. The zero-order valence-corrected chi connectivity index (χ0v) is 14.8. The summed E-state index contributed by atoms with van der Waals surface area (Å²) in [6.07, 6.45) is 1.67. The topological polar surface area (TPSA) is 59.3 Å². The summed E-state index contributed by atoms with van der Waals surface area (Å²) in [4.78, 5) is 16.0. The van der Waals surface area contributed by atoms with Gasteiger partial charge in [-0.2, -0.15) is 5.10 Å². The lowest BCUT2D eigenvalue weighted by Gasteiger charge is -2.27. The van der Waals surface area contributed by atoms with E-state index in [1.807, 2.05) is 0 Å². The van der Waals surface area contributed by atoms with Gasteiger partial charge in [-0.1, -0.05) is 0 Å². The van der Waals surface area contributed by atoms with Gasteiger partial charge in [0, 0.05) is 32.2 Å². The van der Waals surface area contributed by atoms with Crippen molar-refractivity contribution in [2.75, 3.05) is 0 Å². The molecule has 0 bridgehead atoms. The SMILES string of the molecule is O=C(CCC(F)F)NCc1cnn2cc(CC3CCC(F)(F)CC3)nc2c1. The summed E-state index contributed by atoms with van der Waals surface area (Å²) in [5, 5.41) is 6.81. The van der Waals surface area contributed by atoms with Crippen molar-refractivity contribution >= 4 is 11.6 Å². The van der Waals surface area contributed by atoms with E-state index in [0.717, 1.165) is 5.69 Å². The molecule has 1 saturated carbocycles. The zero-order valence-electron chi connectivity index (χ0n) is 14.8. The summed E-state index contributed by atoms with van der Waals surface area (Å²) < 4.78 is 52.3. The number of carbonyl (C=O) groups excluding carboxylic acids is 1. The Labute approximate surface area is 154 Å². The molecule has 0 aliphatic heterocycles. The minimum Gasteiger partial charge on any atom is -0.352 e. The predicted molar refractivity (Wildman–Crippen MR) is 90.7 cm³/mol. The molecule has 3 rings (SSSR count). The maximum absolute atomic E-state index is 13.2. The third kappa shape index (κ3) is 5.64. The third-order valence-corrected chi connectivity index (χ3v) is 4.84. The minimum atomic E-state index is -2.54. The second-order valence-electron chi connectivity index (χ2n) is 7.11. The van der Waals surface area contributed by atoms with Crippen LogP contribution < -0.4 is 5.32 Å². The molecule has 1 fully saturated rings. The van der Waals surface area contributed by atoms with Crippen molar-refractivity contribution in [2.24, 2.45) is 5.92 Å². The van der Waals surface area contributed by atoms with E-state index in [1.54, 1.807) is 23.0 Å². The van der Waals surface area contributed by atoms with Gasteiger partial charge < -0.3 is 5.32 Å². The van der Waals surface area contributed by atoms with Crippen molar-refractivity contribution < 1.29 is 22.4 Å². The molecule has 0 atom stereocenters. The molecule has 0 radical (unpaired) electrons. The molecule has 0 saturated heterocycles. The number of nitrogens with one attached hydrogen (secondary N) is 1. The van der Waals surface area contributed by atoms with Crippen molar-refractivity contribution in [1.29, 1.82) is 0 Å². The lowest BCUT2D eigenvalue weighted by molar-refractivity contribution is -0.122. The highest BCUT2D eigenvalue weighted by Crippen LogP contribution is 2.37. The van der Waals surface area contributed by atoms with Crippen molar-refractivity contribution in [1.82, 2.24) is 19.9 Å². The summed E-state index contributed by atoms with van der Waals surface area (Å²) in [7, 11) is 0. The second kappa shape index (κ2) is 8.22. The van der Waals surface area contributed by atoms with E-state index in [-0.39, 0.29) is 31.7 Å². The van der Waals surface area contributed by atoms with Crippen LogP contribution in [0.5, 0.6) is 0 Å². The van der Waals surface area contributed by atoms with E-state index in [4.69, 9.17) is 0 Å². The van der Waals surface area contributed by atoms with Gasteiger partial charge in [-0.25, -0.2) is 27.1 Å². The average Bonchev–Trinajstić information content (AvgIpc) is 3.01. The summed E-state index contributed by atoms with van der Waals surface area (Å²) in [6, 6.07) is 1.76. The first-order chi connectivity index (χ1) is 12.8. The van der Waals surface area contributed by atoms with E-state index in [9.17, 15) is 22.4 Å². The molecule has 1 aliphatic carbocycles. The van der Waals surface area contributed by atoms with Gasteiger partial charge in [0.15, 0.2) is 5.65 Å². The van der Waals surface area contributed by atoms with E-state index >= 15 is 0 Å². The number of halogens is 4. The number of amides is 1. The quantitative estimate of drug-likeness (QED) is 0.737. The first-order valence-corrected chi connectivity index (χ1v) is 9.06. The molecule has 5 nitrogen and oxygen atoms in total. The number of aromatic nitrogens is 3. The molecule has 148 valence electrons. The smallest absolute Gasteiger partial charge is 0.248 e. The Morgan fingerprint density at radius 1 is 1.33 bits per heavy atom. The minimum absolute atomic E-state index is 0.0707. The van der Waals surface area contributed by atoms with Crippen LogP contribution >= 0.6 is 0 Å². The molecule has 27 heavy (non-hydrogen) atoms. The van der Waals surface area contributed by atoms with E-state index < -0.39 is 24.7 Å². The molecule has 2 aromatic rings. The number of nitrogens with zero attached hydrogens (tertiary/aromatic N) is 3. The average molecular weight is 386 g/mol. The van der Waals surface area contributed by atoms with Crippen molar-refractivity contribution in [3.05, 3.63) is 29.7 Å². The number of fused-ring (bicyclic) bond motifs is 1. The molecule has 1 amide bonds. The van der Waals surface area contributed by atoms with Gasteiger partial charge >= 0.3 is 0 Å². The highest BCUT2D eigenvalue weighted by atomic mass is 19.3. The van der Waals surface area contributed by atoms with Gasteiger partial charge in [-0.3, -0.25) is 4.79 Å². The fourth-order valence-electron chi connectivity index (χ4n) is 3.29. The summed E-state index contributed by atoms with van der Waals surface area (Å²) >= 11 is 0. The molecule has 2 aromatic heterocycles. The first kappa shape index (κ1) is 19.6. The lowest BCUT2D eigenvalue weighted by Crippen LogP contribution is -2.25. The van der Waals surface area contributed by atoms with Crippen molar-refractivity contribution in [2.45, 2.75) is 63.8 Å². The highest BCUT2D eigenvalue weighted by Gasteiger charge is 2.35. The number of hydrogen-bond acceptors (Lipinski definition) is 3. The van der Waals surface area contributed by atoms with Gasteiger partial charge in [0.25, 0.3) is 0 Å². The molecular weight excluding hydrogens is 364 g/mol. The van der Waals surface area contributed by atoms with Crippen LogP contribution in [0.3, 0.4) is 0 Å². The van der Waals surface area contributed by atoms with Crippen LogP contribution in [0.2, 0.25) is 0 Å². The largest absolute Gasteiger partial charge is 0.352 e. The van der Waals surface area contributed by atoms with Gasteiger partial charge in [0.1, 0.15) is 0 Å². The van der Waals surface area contributed by atoms with Crippen molar-refractivity contribution in [3.63, 3.8) is 0 Å².